The molecule has 0 saturated carbocycles. The van der Waals surface area contributed by atoms with Crippen LogP contribution in [0, 0.1) is 11.8 Å². The molecule has 1 heterocycles. The number of nitrogens with zero attached hydrogens (tertiary/aromatic N) is 1. The number of carboxylic acids is 1. The number of carbonyl (C=O) groups excluding carboxylic acids is 1. The molecule has 0 aromatic heterocycles. The normalized spacial score (nSPS) is 24.2. The lowest BCUT2D eigenvalue weighted by Crippen LogP contribution is -2.49. The highest BCUT2D eigenvalue weighted by Crippen LogP contribution is 2.22. The van der Waals surface area contributed by atoms with Gasteiger partial charge in [0.25, 0.3) is 0 Å². The fraction of sp³-hybridized carbons (Fsp3) is 0.846. The Morgan fingerprint density at radius 3 is 2.58 bits per heavy atom. The first-order valence-electron chi connectivity index (χ1n) is 6.87. The number of rotatable bonds is 7. The molecule has 0 spiro atoms. The second-order valence-corrected chi connectivity index (χ2v) is 4.90. The summed E-state index contributed by atoms with van der Waals surface area (Å²) in [4.78, 5) is 25.2. The number of likely N-dealkylation sites (N-methyl/N-ethyl adjacent to an activating group) is 1. The lowest BCUT2D eigenvalue weighted by molar-refractivity contribution is -0.146. The van der Waals surface area contributed by atoms with Gasteiger partial charge in [-0.2, -0.15) is 0 Å². The fourth-order valence-corrected chi connectivity index (χ4v) is 2.56. The van der Waals surface area contributed by atoms with Gasteiger partial charge in [0.2, 0.25) is 5.91 Å². The Labute approximate surface area is 113 Å². The second kappa shape index (κ2) is 7.45. The molecule has 6 nitrogen and oxygen atoms in total. The van der Waals surface area contributed by atoms with Crippen LogP contribution in [-0.4, -0.2) is 54.2 Å². The van der Waals surface area contributed by atoms with Crippen LogP contribution in [0.15, 0.2) is 0 Å². The van der Waals surface area contributed by atoms with Crippen LogP contribution in [0.1, 0.15) is 26.7 Å². The van der Waals surface area contributed by atoms with Crippen LogP contribution in [0.3, 0.4) is 0 Å². The number of hydrogen-bond donors (Lipinski definition) is 2. The van der Waals surface area contributed by atoms with Gasteiger partial charge < -0.3 is 20.5 Å². The maximum absolute atomic E-state index is 12.4. The van der Waals surface area contributed by atoms with E-state index in [1.54, 1.807) is 4.90 Å². The van der Waals surface area contributed by atoms with E-state index in [1.165, 1.54) is 0 Å². The minimum Gasteiger partial charge on any atom is -0.481 e. The molecule has 1 saturated heterocycles. The molecule has 1 aliphatic heterocycles. The minimum absolute atomic E-state index is 0.0476. The van der Waals surface area contributed by atoms with Gasteiger partial charge in [0.05, 0.1) is 25.2 Å². The lowest BCUT2D eigenvalue weighted by Gasteiger charge is -2.32. The van der Waals surface area contributed by atoms with Crippen LogP contribution in [0.2, 0.25) is 0 Å². The first-order chi connectivity index (χ1) is 9.06. The standard InChI is InChI=1S/C13H24N2O4/c1-3-5-9(6-14)12(16)15(4-2)11-8-19-7-10(11)13(17)18/h9-11H,3-8,14H2,1-2H3,(H,17,18). The van der Waals surface area contributed by atoms with E-state index in [4.69, 9.17) is 15.6 Å². The quantitative estimate of drug-likeness (QED) is 0.695. The van der Waals surface area contributed by atoms with Crippen molar-refractivity contribution in [2.24, 2.45) is 17.6 Å². The average Bonchev–Trinajstić information content (AvgIpc) is 2.86. The van der Waals surface area contributed by atoms with Gasteiger partial charge in [0.1, 0.15) is 5.92 Å². The molecule has 6 heteroatoms. The third-order valence-corrected chi connectivity index (χ3v) is 3.66. The van der Waals surface area contributed by atoms with Crippen LogP contribution in [0.5, 0.6) is 0 Å². The van der Waals surface area contributed by atoms with Crippen molar-refractivity contribution in [2.75, 3.05) is 26.3 Å². The van der Waals surface area contributed by atoms with Crippen LogP contribution < -0.4 is 5.73 Å². The molecule has 0 aromatic carbocycles. The highest BCUT2D eigenvalue weighted by atomic mass is 16.5. The molecule has 1 amide bonds. The number of ether oxygens (including phenoxy) is 1. The topological polar surface area (TPSA) is 92.9 Å². The molecule has 0 radical (unpaired) electrons. The largest absolute Gasteiger partial charge is 0.481 e. The Bertz CT molecular complexity index is 322. The summed E-state index contributed by atoms with van der Waals surface area (Å²) >= 11 is 0. The van der Waals surface area contributed by atoms with Crippen molar-refractivity contribution < 1.29 is 19.4 Å². The van der Waals surface area contributed by atoms with Crippen molar-refractivity contribution in [2.45, 2.75) is 32.7 Å². The van der Waals surface area contributed by atoms with Gasteiger partial charge in [-0.3, -0.25) is 9.59 Å². The number of amides is 1. The Hall–Kier alpha value is -1.14. The van der Waals surface area contributed by atoms with Crippen molar-refractivity contribution in [1.29, 1.82) is 0 Å². The Balaban J connectivity index is 2.81. The molecule has 0 aromatic rings. The van der Waals surface area contributed by atoms with E-state index < -0.39 is 11.9 Å². The van der Waals surface area contributed by atoms with Gasteiger partial charge in [-0.1, -0.05) is 13.3 Å². The lowest BCUT2D eigenvalue weighted by atomic mass is 9.97. The zero-order valence-electron chi connectivity index (χ0n) is 11.7. The number of nitrogens with two attached hydrogens (primary N) is 1. The van der Waals surface area contributed by atoms with E-state index in [2.05, 4.69) is 0 Å². The Morgan fingerprint density at radius 1 is 1.42 bits per heavy atom. The summed E-state index contributed by atoms with van der Waals surface area (Å²) in [5.41, 5.74) is 5.65. The zero-order valence-corrected chi connectivity index (χ0v) is 11.7. The van der Waals surface area contributed by atoms with Gasteiger partial charge >= 0.3 is 5.97 Å². The highest BCUT2D eigenvalue weighted by molar-refractivity contribution is 5.81. The van der Waals surface area contributed by atoms with E-state index in [1.807, 2.05) is 13.8 Å². The third-order valence-electron chi connectivity index (χ3n) is 3.66. The van der Waals surface area contributed by atoms with Gasteiger partial charge in [0, 0.05) is 13.1 Å². The van der Waals surface area contributed by atoms with Crippen LogP contribution in [0.4, 0.5) is 0 Å². The maximum Gasteiger partial charge on any atom is 0.311 e. The van der Waals surface area contributed by atoms with Crippen LogP contribution in [-0.2, 0) is 14.3 Å². The SMILES string of the molecule is CCCC(CN)C(=O)N(CC)C1COCC1C(=O)O. The van der Waals surface area contributed by atoms with Gasteiger partial charge in [-0.15, -0.1) is 0 Å². The first-order valence-corrected chi connectivity index (χ1v) is 6.87. The Morgan fingerprint density at radius 2 is 2.11 bits per heavy atom. The maximum atomic E-state index is 12.4. The molecule has 110 valence electrons. The van der Waals surface area contributed by atoms with Crippen LogP contribution in [0.25, 0.3) is 0 Å². The molecule has 19 heavy (non-hydrogen) atoms. The first kappa shape index (κ1) is 15.9. The predicted molar refractivity (Wildman–Crippen MR) is 70.6 cm³/mol. The number of carboxylic acid groups (broad SMARTS) is 1. The van der Waals surface area contributed by atoms with E-state index in [0.717, 1.165) is 12.8 Å². The monoisotopic (exact) mass is 272 g/mol. The summed E-state index contributed by atoms with van der Waals surface area (Å²) in [7, 11) is 0. The van der Waals surface area contributed by atoms with E-state index in [0.29, 0.717) is 19.7 Å². The van der Waals surface area contributed by atoms with E-state index in [-0.39, 0.29) is 24.5 Å². The average molecular weight is 272 g/mol. The molecule has 1 rings (SSSR count). The number of hydrogen-bond acceptors (Lipinski definition) is 4. The summed E-state index contributed by atoms with van der Waals surface area (Å²) in [6.07, 6.45) is 1.62. The molecule has 3 unspecified atom stereocenters. The molecule has 3 N–H and O–H groups in total. The van der Waals surface area contributed by atoms with Gasteiger partial charge in [-0.05, 0) is 13.3 Å². The van der Waals surface area contributed by atoms with E-state index >= 15 is 0 Å². The minimum atomic E-state index is -0.909. The molecule has 3 atom stereocenters. The Kier molecular flexibility index (Phi) is 6.24. The second-order valence-electron chi connectivity index (χ2n) is 4.90. The number of aliphatic carboxylic acids is 1. The van der Waals surface area contributed by atoms with E-state index in [9.17, 15) is 9.59 Å². The zero-order chi connectivity index (χ0) is 14.4. The summed E-state index contributed by atoms with van der Waals surface area (Å²) < 4.78 is 5.23. The van der Waals surface area contributed by atoms with Crippen molar-refractivity contribution in [3.63, 3.8) is 0 Å². The summed E-state index contributed by atoms with van der Waals surface area (Å²) in [5, 5.41) is 9.17. The molecular formula is C13H24N2O4. The van der Waals surface area contributed by atoms with Gasteiger partial charge in [0.15, 0.2) is 0 Å². The van der Waals surface area contributed by atoms with Crippen molar-refractivity contribution in [3.8, 4) is 0 Å². The van der Waals surface area contributed by atoms with Crippen LogP contribution >= 0.6 is 0 Å². The molecule has 1 aliphatic rings. The van der Waals surface area contributed by atoms with Crippen molar-refractivity contribution in [1.82, 2.24) is 4.90 Å². The summed E-state index contributed by atoms with van der Waals surface area (Å²) in [6.45, 7) is 5.11. The summed E-state index contributed by atoms with van der Waals surface area (Å²) in [5.74, 6) is -1.81. The predicted octanol–water partition coefficient (Wildman–Crippen LogP) is 0.310. The van der Waals surface area contributed by atoms with Gasteiger partial charge in [-0.25, -0.2) is 0 Å². The summed E-state index contributed by atoms with van der Waals surface area (Å²) in [6, 6.07) is -0.374. The molecule has 0 bridgehead atoms. The molecular weight excluding hydrogens is 248 g/mol. The fourth-order valence-electron chi connectivity index (χ4n) is 2.56. The van der Waals surface area contributed by atoms with Crippen molar-refractivity contribution >= 4 is 11.9 Å². The smallest absolute Gasteiger partial charge is 0.311 e. The number of carbonyl (C=O) groups is 2. The van der Waals surface area contributed by atoms with Crippen molar-refractivity contribution in [3.05, 3.63) is 0 Å². The molecule has 0 aliphatic carbocycles. The molecule has 1 fully saturated rings. The highest BCUT2D eigenvalue weighted by Gasteiger charge is 2.40. The third kappa shape index (κ3) is 3.67.